The first kappa shape index (κ1) is 44.7. The molecule has 0 spiro atoms. The first-order valence-electron chi connectivity index (χ1n) is 20.7. The highest BCUT2D eigenvalue weighted by Gasteiger charge is 2.23. The van der Waals surface area contributed by atoms with Crippen molar-refractivity contribution in [1.82, 2.24) is 0 Å². The van der Waals surface area contributed by atoms with E-state index in [1.54, 1.807) is 0 Å². The Hall–Kier alpha value is -2.48. The molecule has 2 aromatic rings. The van der Waals surface area contributed by atoms with E-state index in [0.29, 0.717) is 26.4 Å². The molecule has 7 nitrogen and oxygen atoms in total. The van der Waals surface area contributed by atoms with Crippen molar-refractivity contribution >= 4 is 0 Å². The molecule has 2 atom stereocenters. The molecule has 0 amide bonds. The Kier molecular flexibility index (Phi) is 26.3. The van der Waals surface area contributed by atoms with Gasteiger partial charge in [0.15, 0.2) is 23.0 Å². The van der Waals surface area contributed by atoms with Gasteiger partial charge in [0.25, 0.3) is 0 Å². The Bertz CT molecular complexity index is 1020. The summed E-state index contributed by atoms with van der Waals surface area (Å²) in [6, 6.07) is 12.4. The van der Waals surface area contributed by atoms with Crippen LogP contribution in [0.25, 0.3) is 0 Å². The van der Waals surface area contributed by atoms with Gasteiger partial charge in [-0.25, -0.2) is 0 Å². The van der Waals surface area contributed by atoms with Gasteiger partial charge in [0, 0.05) is 11.1 Å². The Morgan fingerprint density at radius 2 is 0.765 bits per heavy atom. The summed E-state index contributed by atoms with van der Waals surface area (Å²) >= 11 is 0. The van der Waals surface area contributed by atoms with E-state index in [4.69, 9.17) is 33.2 Å². The second-order valence-electron chi connectivity index (χ2n) is 13.6. The van der Waals surface area contributed by atoms with Crippen LogP contribution < -0.4 is 18.9 Å². The van der Waals surface area contributed by atoms with Crippen LogP contribution in [0.2, 0.25) is 0 Å². The van der Waals surface area contributed by atoms with E-state index < -0.39 is 0 Å². The minimum absolute atomic E-state index is 0.118. The summed E-state index contributed by atoms with van der Waals surface area (Å²) in [5, 5.41) is 0. The van der Waals surface area contributed by atoms with Crippen LogP contribution in [-0.2, 0) is 14.2 Å². The van der Waals surface area contributed by atoms with Gasteiger partial charge < -0.3 is 33.2 Å². The van der Waals surface area contributed by atoms with Crippen LogP contribution in [0, 0.1) is 0 Å². The lowest BCUT2D eigenvalue weighted by Gasteiger charge is -2.24. The average molecular weight is 715 g/mol. The van der Waals surface area contributed by atoms with Gasteiger partial charge in [-0.15, -0.1) is 0 Å². The lowest BCUT2D eigenvalue weighted by atomic mass is 10.0. The fourth-order valence-electron chi connectivity index (χ4n) is 5.96. The smallest absolute Gasteiger partial charge is 0.166 e. The maximum atomic E-state index is 6.47. The van der Waals surface area contributed by atoms with Crippen LogP contribution in [0.5, 0.6) is 23.0 Å². The molecule has 0 aliphatic heterocycles. The summed E-state index contributed by atoms with van der Waals surface area (Å²) < 4.78 is 44.4. The first-order valence-corrected chi connectivity index (χ1v) is 20.7. The second-order valence-corrected chi connectivity index (χ2v) is 13.6. The van der Waals surface area contributed by atoms with Crippen LogP contribution in [-0.4, -0.2) is 40.0 Å². The van der Waals surface area contributed by atoms with Gasteiger partial charge >= 0.3 is 0 Å². The largest absolute Gasteiger partial charge is 0.490 e. The van der Waals surface area contributed by atoms with E-state index in [1.807, 2.05) is 12.1 Å². The molecule has 0 saturated heterocycles. The summed E-state index contributed by atoms with van der Waals surface area (Å²) in [5.41, 5.74) is 2.05. The SMILES string of the molecule is CCCCCOc1cccc(C(CCCC)OCOCOC(CCCC)c2cccc(OCCCCC)c2OCCCCC)c1OCCCCC. The van der Waals surface area contributed by atoms with E-state index in [2.05, 4.69) is 65.8 Å². The summed E-state index contributed by atoms with van der Waals surface area (Å²) in [4.78, 5) is 0. The van der Waals surface area contributed by atoms with Gasteiger partial charge in [0.1, 0.15) is 13.6 Å². The Morgan fingerprint density at radius 1 is 0.412 bits per heavy atom. The minimum atomic E-state index is -0.175. The normalized spacial score (nSPS) is 12.5. The molecule has 292 valence electrons. The third-order valence-electron chi connectivity index (χ3n) is 9.06. The molecule has 0 aromatic heterocycles. The van der Waals surface area contributed by atoms with Crippen molar-refractivity contribution in [2.45, 2.75) is 169 Å². The van der Waals surface area contributed by atoms with Crippen molar-refractivity contribution in [3.63, 3.8) is 0 Å². The monoisotopic (exact) mass is 715 g/mol. The molecule has 7 heteroatoms. The Morgan fingerprint density at radius 3 is 1.12 bits per heavy atom. The van der Waals surface area contributed by atoms with Gasteiger partial charge in [-0.1, -0.05) is 143 Å². The number of ether oxygens (including phenoxy) is 7. The van der Waals surface area contributed by atoms with E-state index in [1.165, 1.54) is 0 Å². The summed E-state index contributed by atoms with van der Waals surface area (Å²) in [7, 11) is 0. The number of benzene rings is 2. The molecule has 0 heterocycles. The Labute approximate surface area is 312 Å². The molecule has 2 aromatic carbocycles. The molecule has 0 aliphatic rings. The van der Waals surface area contributed by atoms with E-state index >= 15 is 0 Å². The van der Waals surface area contributed by atoms with Crippen LogP contribution in [0.3, 0.4) is 0 Å². The maximum absolute atomic E-state index is 6.47. The maximum Gasteiger partial charge on any atom is 0.166 e. The highest BCUT2D eigenvalue weighted by Crippen LogP contribution is 2.40. The van der Waals surface area contributed by atoms with Crippen LogP contribution in [0.4, 0.5) is 0 Å². The Balaban J connectivity index is 2.18. The van der Waals surface area contributed by atoms with E-state index in [0.717, 1.165) is 150 Å². The number of hydrogen-bond acceptors (Lipinski definition) is 7. The van der Waals surface area contributed by atoms with Crippen molar-refractivity contribution < 1.29 is 33.2 Å². The number of unbranched alkanes of at least 4 members (excludes halogenated alkanes) is 10. The third-order valence-corrected chi connectivity index (χ3v) is 9.06. The molecule has 0 fully saturated rings. The van der Waals surface area contributed by atoms with Crippen LogP contribution in [0.1, 0.15) is 180 Å². The molecule has 2 unspecified atom stereocenters. The first-order chi connectivity index (χ1) is 25.1. The number of para-hydroxylation sites is 2. The van der Waals surface area contributed by atoms with Gasteiger partial charge in [0.05, 0.1) is 38.6 Å². The molecule has 0 radical (unpaired) electrons. The van der Waals surface area contributed by atoms with Crippen molar-refractivity contribution in [3.05, 3.63) is 47.5 Å². The number of rotatable bonds is 34. The predicted molar refractivity (Wildman–Crippen MR) is 210 cm³/mol. The highest BCUT2D eigenvalue weighted by atomic mass is 16.7. The molecule has 0 N–H and O–H groups in total. The molecule has 0 bridgehead atoms. The van der Waals surface area contributed by atoms with Crippen molar-refractivity contribution in [2.24, 2.45) is 0 Å². The summed E-state index contributed by atoms with van der Waals surface area (Å²) in [5.74, 6) is 3.23. The van der Waals surface area contributed by atoms with Crippen LogP contribution in [0.15, 0.2) is 36.4 Å². The predicted octanol–water partition coefficient (Wildman–Crippen LogP) is 13.1. The summed E-state index contributed by atoms with van der Waals surface area (Å²) in [6.07, 6.45) is 18.9. The third kappa shape index (κ3) is 18.2. The van der Waals surface area contributed by atoms with Gasteiger partial charge in [-0.2, -0.15) is 0 Å². The zero-order chi connectivity index (χ0) is 36.8. The molecule has 51 heavy (non-hydrogen) atoms. The highest BCUT2D eigenvalue weighted by molar-refractivity contribution is 5.48. The van der Waals surface area contributed by atoms with Gasteiger partial charge in [-0.05, 0) is 50.7 Å². The van der Waals surface area contributed by atoms with Crippen molar-refractivity contribution in [3.8, 4) is 23.0 Å². The van der Waals surface area contributed by atoms with Crippen molar-refractivity contribution in [2.75, 3.05) is 40.0 Å². The van der Waals surface area contributed by atoms with Crippen molar-refractivity contribution in [1.29, 1.82) is 0 Å². The van der Waals surface area contributed by atoms with E-state index in [-0.39, 0.29) is 25.8 Å². The second kappa shape index (κ2) is 30.0. The topological polar surface area (TPSA) is 64.6 Å². The van der Waals surface area contributed by atoms with Gasteiger partial charge in [0.2, 0.25) is 0 Å². The van der Waals surface area contributed by atoms with Gasteiger partial charge in [-0.3, -0.25) is 0 Å². The average Bonchev–Trinajstić information content (AvgIpc) is 3.15. The van der Waals surface area contributed by atoms with Crippen LogP contribution >= 0.6 is 0 Å². The fourth-order valence-corrected chi connectivity index (χ4v) is 5.96. The van der Waals surface area contributed by atoms with E-state index in [9.17, 15) is 0 Å². The molecule has 2 rings (SSSR count). The molecule has 0 saturated carbocycles. The fraction of sp³-hybridized carbons (Fsp3) is 0.727. The minimum Gasteiger partial charge on any atom is -0.490 e. The summed E-state index contributed by atoms with van der Waals surface area (Å²) in [6.45, 7) is 16.2. The zero-order valence-corrected chi connectivity index (χ0v) is 33.4. The standard InChI is InChI=1S/C44H74O7/c1-7-13-19-31-46-41-29-23-25-37(43(41)48-33-21-15-9-3)39(27-17-11-5)50-35-45-36-51-40(28-18-12-6)38-26-24-30-42(47-32-20-14-8-2)44(38)49-34-22-16-10-4/h23-26,29-30,39-40H,7-22,27-28,31-36H2,1-6H3. The zero-order valence-electron chi connectivity index (χ0n) is 33.4. The molecular formula is C44H74O7. The number of hydrogen-bond donors (Lipinski definition) is 0. The quantitative estimate of drug-likeness (QED) is 0.0528. The lowest BCUT2D eigenvalue weighted by molar-refractivity contribution is -0.168. The lowest BCUT2D eigenvalue weighted by Crippen LogP contribution is -2.15. The molecule has 0 aliphatic carbocycles. The molecular weight excluding hydrogens is 640 g/mol.